The molecule has 0 radical (unpaired) electrons. The Balaban J connectivity index is 1.54. The molecule has 1 heterocycles. The van der Waals surface area contributed by atoms with Crippen LogP contribution in [0.2, 0.25) is 5.02 Å². The Bertz CT molecular complexity index is 1100. The maximum absolute atomic E-state index is 12.2. The van der Waals surface area contributed by atoms with E-state index in [1.807, 2.05) is 30.5 Å². The largest absolute Gasteiger partial charge is 0.493 e. The summed E-state index contributed by atoms with van der Waals surface area (Å²) in [5.41, 5.74) is 2.98. The second-order valence-electron chi connectivity index (χ2n) is 6.70. The molecule has 0 unspecified atom stereocenters. The van der Waals surface area contributed by atoms with Gasteiger partial charge in [-0.3, -0.25) is 9.59 Å². The van der Waals surface area contributed by atoms with Crippen LogP contribution in [0.1, 0.15) is 11.3 Å². The van der Waals surface area contributed by atoms with Crippen molar-refractivity contribution in [3.8, 4) is 22.1 Å². The van der Waals surface area contributed by atoms with Crippen molar-refractivity contribution in [2.24, 2.45) is 0 Å². The van der Waals surface area contributed by atoms with Gasteiger partial charge in [-0.2, -0.15) is 0 Å². The Morgan fingerprint density at radius 3 is 2.55 bits per heavy atom. The molecular weight excluding hydrogens is 438 g/mol. The summed E-state index contributed by atoms with van der Waals surface area (Å²) in [6.45, 7) is 1.75. The van der Waals surface area contributed by atoms with Gasteiger partial charge in [0.15, 0.2) is 11.5 Å². The third-order valence-corrected chi connectivity index (χ3v) is 5.62. The van der Waals surface area contributed by atoms with E-state index in [0.29, 0.717) is 27.9 Å². The first kappa shape index (κ1) is 22.6. The second-order valence-corrected chi connectivity index (χ2v) is 7.96. The Labute approximate surface area is 189 Å². The highest BCUT2D eigenvalue weighted by molar-refractivity contribution is 7.13. The van der Waals surface area contributed by atoms with Gasteiger partial charge in [-0.05, 0) is 42.8 Å². The van der Waals surface area contributed by atoms with E-state index >= 15 is 0 Å². The lowest BCUT2D eigenvalue weighted by Crippen LogP contribution is -2.33. The van der Waals surface area contributed by atoms with E-state index in [2.05, 4.69) is 15.6 Å². The predicted molar refractivity (Wildman–Crippen MR) is 122 cm³/mol. The highest BCUT2D eigenvalue weighted by Crippen LogP contribution is 2.33. The summed E-state index contributed by atoms with van der Waals surface area (Å²) >= 11 is 7.53. The summed E-state index contributed by atoms with van der Waals surface area (Å²) in [5.74, 6) is 0.583. The average molecular weight is 460 g/mol. The van der Waals surface area contributed by atoms with Crippen molar-refractivity contribution in [3.05, 3.63) is 58.1 Å². The summed E-state index contributed by atoms with van der Waals surface area (Å²) in [6, 6.07) is 10.8. The maximum atomic E-state index is 12.2. The minimum atomic E-state index is -0.358. The van der Waals surface area contributed by atoms with Crippen LogP contribution in [-0.2, 0) is 16.0 Å². The third-order valence-electron chi connectivity index (χ3n) is 4.37. The fraction of sp³-hybridized carbons (Fsp3) is 0.227. The lowest BCUT2D eigenvalue weighted by Gasteiger charge is -2.09. The quantitative estimate of drug-likeness (QED) is 0.529. The van der Waals surface area contributed by atoms with Crippen LogP contribution in [0.4, 0.5) is 5.69 Å². The number of methoxy groups -OCH3 is 2. The number of ether oxygens (including phenoxy) is 2. The molecule has 7 nitrogen and oxygen atoms in total. The zero-order valence-corrected chi connectivity index (χ0v) is 18.9. The number of nitrogens with zero attached hydrogens (tertiary/aromatic N) is 1. The van der Waals surface area contributed by atoms with Gasteiger partial charge in [-0.1, -0.05) is 17.7 Å². The molecule has 0 saturated heterocycles. The fourth-order valence-electron chi connectivity index (χ4n) is 2.81. The molecule has 162 valence electrons. The van der Waals surface area contributed by atoms with Crippen molar-refractivity contribution in [2.45, 2.75) is 13.3 Å². The molecule has 3 rings (SSSR count). The number of aryl methyl sites for hydroxylation is 1. The van der Waals surface area contributed by atoms with Crippen molar-refractivity contribution in [1.29, 1.82) is 0 Å². The molecule has 3 aromatic rings. The highest BCUT2D eigenvalue weighted by Gasteiger charge is 2.13. The van der Waals surface area contributed by atoms with E-state index < -0.39 is 0 Å². The molecule has 2 N–H and O–H groups in total. The average Bonchev–Trinajstić information content (AvgIpc) is 3.22. The molecule has 0 aliphatic heterocycles. The third kappa shape index (κ3) is 5.96. The monoisotopic (exact) mass is 459 g/mol. The molecule has 2 amide bonds. The lowest BCUT2D eigenvalue weighted by molar-refractivity contribution is -0.123. The topological polar surface area (TPSA) is 89.5 Å². The Morgan fingerprint density at radius 2 is 1.84 bits per heavy atom. The number of benzene rings is 2. The number of rotatable bonds is 8. The van der Waals surface area contributed by atoms with Crippen molar-refractivity contribution in [2.75, 3.05) is 26.1 Å². The maximum Gasteiger partial charge on any atom is 0.243 e. The first-order valence-electron chi connectivity index (χ1n) is 9.39. The summed E-state index contributed by atoms with van der Waals surface area (Å²) in [5, 5.41) is 8.31. The van der Waals surface area contributed by atoms with Crippen LogP contribution in [0, 0.1) is 6.92 Å². The van der Waals surface area contributed by atoms with E-state index in [1.54, 1.807) is 32.4 Å². The summed E-state index contributed by atoms with van der Waals surface area (Å²) in [4.78, 5) is 28.8. The minimum Gasteiger partial charge on any atom is -0.493 e. The van der Waals surface area contributed by atoms with E-state index in [9.17, 15) is 9.59 Å². The number of carbonyl (C=O) groups is 2. The molecule has 2 aromatic carbocycles. The first-order valence-corrected chi connectivity index (χ1v) is 10.6. The number of aromatic nitrogens is 1. The molecule has 0 aliphatic rings. The Morgan fingerprint density at radius 1 is 1.06 bits per heavy atom. The molecule has 0 fully saturated rings. The summed E-state index contributed by atoms with van der Waals surface area (Å²) in [7, 11) is 3.15. The summed E-state index contributed by atoms with van der Waals surface area (Å²) in [6.07, 6.45) is 0.0718. The Hall–Kier alpha value is -3.10. The predicted octanol–water partition coefficient (Wildman–Crippen LogP) is 4.09. The van der Waals surface area contributed by atoms with E-state index in [0.717, 1.165) is 16.1 Å². The molecule has 0 bridgehead atoms. The van der Waals surface area contributed by atoms with Crippen molar-refractivity contribution in [1.82, 2.24) is 10.3 Å². The molecule has 0 spiro atoms. The number of thiazole rings is 1. The number of hydrogen-bond donors (Lipinski definition) is 2. The van der Waals surface area contributed by atoms with Crippen LogP contribution in [0.5, 0.6) is 11.5 Å². The van der Waals surface area contributed by atoms with Crippen LogP contribution in [0.3, 0.4) is 0 Å². The number of anilines is 1. The van der Waals surface area contributed by atoms with Gasteiger partial charge in [-0.15, -0.1) is 11.3 Å². The van der Waals surface area contributed by atoms with Crippen LogP contribution in [0.25, 0.3) is 10.6 Å². The van der Waals surface area contributed by atoms with Gasteiger partial charge in [0.2, 0.25) is 11.8 Å². The van der Waals surface area contributed by atoms with E-state index in [1.165, 1.54) is 11.3 Å². The first-order chi connectivity index (χ1) is 14.9. The molecule has 1 aromatic heterocycles. The van der Waals surface area contributed by atoms with Gasteiger partial charge in [0.1, 0.15) is 5.01 Å². The van der Waals surface area contributed by atoms with Crippen LogP contribution in [-0.4, -0.2) is 37.6 Å². The highest BCUT2D eigenvalue weighted by atomic mass is 35.5. The number of carbonyl (C=O) groups excluding carboxylic acids is 2. The number of halogens is 1. The van der Waals surface area contributed by atoms with Gasteiger partial charge in [-0.25, -0.2) is 4.98 Å². The second kappa shape index (κ2) is 10.3. The number of amides is 2. The molecule has 0 aliphatic carbocycles. The van der Waals surface area contributed by atoms with E-state index in [4.69, 9.17) is 21.1 Å². The number of nitrogens with one attached hydrogen (secondary N) is 2. The SMILES string of the molecule is COc1ccc(-c2nc(CC(=O)NCC(=O)Nc3ccc(C)cc3Cl)cs2)cc1OC. The van der Waals surface area contributed by atoms with Crippen molar-refractivity contribution < 1.29 is 19.1 Å². The standard InChI is InChI=1S/C22H22ClN3O4S/c1-13-4-6-17(16(23)8-13)26-21(28)11-24-20(27)10-15-12-31-22(25-15)14-5-7-18(29-2)19(9-14)30-3/h4-9,12H,10-11H2,1-3H3,(H,24,27)(H,26,28). The molecule has 9 heteroatoms. The van der Waals surface area contributed by atoms with Gasteiger partial charge >= 0.3 is 0 Å². The van der Waals surface area contributed by atoms with Crippen LogP contribution >= 0.6 is 22.9 Å². The van der Waals surface area contributed by atoms with Gasteiger partial charge in [0.05, 0.1) is 43.6 Å². The van der Waals surface area contributed by atoms with Crippen LogP contribution < -0.4 is 20.1 Å². The van der Waals surface area contributed by atoms with Gasteiger partial charge in [0.25, 0.3) is 0 Å². The molecule has 0 atom stereocenters. The fourth-order valence-corrected chi connectivity index (χ4v) is 3.91. The number of hydrogen-bond acceptors (Lipinski definition) is 6. The molecular formula is C22H22ClN3O4S. The zero-order valence-electron chi connectivity index (χ0n) is 17.3. The smallest absolute Gasteiger partial charge is 0.243 e. The Kier molecular flexibility index (Phi) is 7.49. The summed E-state index contributed by atoms with van der Waals surface area (Å²) < 4.78 is 10.6. The molecule has 31 heavy (non-hydrogen) atoms. The van der Waals surface area contributed by atoms with Crippen molar-refractivity contribution in [3.63, 3.8) is 0 Å². The normalized spacial score (nSPS) is 10.5. The van der Waals surface area contributed by atoms with Gasteiger partial charge in [0, 0.05) is 10.9 Å². The van der Waals surface area contributed by atoms with Crippen LogP contribution in [0.15, 0.2) is 41.8 Å². The molecule has 0 saturated carbocycles. The van der Waals surface area contributed by atoms with Gasteiger partial charge < -0.3 is 20.1 Å². The van der Waals surface area contributed by atoms with E-state index in [-0.39, 0.29) is 24.8 Å². The van der Waals surface area contributed by atoms with Crippen molar-refractivity contribution >= 4 is 40.4 Å². The lowest BCUT2D eigenvalue weighted by atomic mass is 10.2. The zero-order chi connectivity index (χ0) is 22.4. The minimum absolute atomic E-state index is 0.0718.